The third-order valence-electron chi connectivity index (χ3n) is 16.6. The highest BCUT2D eigenvalue weighted by atomic mass is 16.3. The number of hydrogen-bond acceptors (Lipinski definition) is 13. The molecular weight excluding hydrogens is 1110 g/mol. The Morgan fingerprint density at radius 2 is 1.10 bits per heavy atom. The van der Waals surface area contributed by atoms with Crippen LogP contribution < -0.4 is 21.3 Å². The van der Waals surface area contributed by atoms with Gasteiger partial charge in [-0.05, 0) is 94.4 Å². The van der Waals surface area contributed by atoms with Gasteiger partial charge in [-0.1, -0.05) is 132 Å². The lowest BCUT2D eigenvalue weighted by atomic mass is 9.88. The maximum Gasteiger partial charge on any atom is 0.246 e. The van der Waals surface area contributed by atoms with E-state index in [-0.39, 0.29) is 82.0 Å². The first-order valence-corrected chi connectivity index (χ1v) is 30.7. The molecule has 7 amide bonds. The fourth-order valence-corrected chi connectivity index (χ4v) is 10.9. The molecule has 1 fully saturated rings. The molecule has 1 aliphatic heterocycles. The quantitative estimate of drug-likeness (QED) is 0.138. The summed E-state index contributed by atoms with van der Waals surface area (Å²) < 4.78 is 0. The van der Waals surface area contributed by atoms with E-state index >= 15 is 0 Å². The van der Waals surface area contributed by atoms with Crippen molar-refractivity contribution in [1.29, 1.82) is 0 Å². The summed E-state index contributed by atoms with van der Waals surface area (Å²) in [6, 6.07) is 19.4. The van der Waals surface area contributed by atoms with Crippen LogP contribution >= 0.6 is 0 Å². The van der Waals surface area contributed by atoms with E-state index in [1.165, 1.54) is 68.6 Å². The van der Waals surface area contributed by atoms with Crippen LogP contribution in [0, 0.1) is 29.6 Å². The number of rotatable bonds is 15. The second-order valence-electron chi connectivity index (χ2n) is 24.5. The third-order valence-corrected chi connectivity index (χ3v) is 16.6. The molecule has 1 heterocycles. The van der Waals surface area contributed by atoms with Crippen LogP contribution in [0.25, 0.3) is 0 Å². The van der Waals surface area contributed by atoms with Gasteiger partial charge in [0.15, 0.2) is 17.3 Å². The molecule has 0 saturated carbocycles. The second-order valence-corrected chi connectivity index (χ2v) is 24.5. The van der Waals surface area contributed by atoms with E-state index < -0.39 is 125 Å². The Balaban J connectivity index is 1.75. The molecule has 0 aromatic heterocycles. The first-order valence-electron chi connectivity index (χ1n) is 30.7. The van der Waals surface area contributed by atoms with Crippen molar-refractivity contribution in [3.8, 4) is 0 Å². The number of Topliss-reactive ketones (excluding diaryl/α,β-unsaturated/α-hetero) is 4. The lowest BCUT2D eigenvalue weighted by Gasteiger charge is -2.36. The maximum absolute atomic E-state index is 14.7. The molecule has 1 aliphatic rings. The van der Waals surface area contributed by atoms with Gasteiger partial charge in [-0.15, -0.1) is 0 Å². The summed E-state index contributed by atoms with van der Waals surface area (Å²) in [5.41, 5.74) is 2.27. The number of ketones is 4. The summed E-state index contributed by atoms with van der Waals surface area (Å²) in [6.07, 6.45) is 0.832. The largest absolute Gasteiger partial charge is 0.387 e. The number of hydrogen-bond donors (Lipinski definition) is 5. The molecule has 0 unspecified atom stereocenters. The first kappa shape index (κ1) is 72.0. The van der Waals surface area contributed by atoms with Gasteiger partial charge in [-0.2, -0.15) is 0 Å². The van der Waals surface area contributed by atoms with Crippen LogP contribution in [0.3, 0.4) is 0 Å². The van der Waals surface area contributed by atoms with Crippen molar-refractivity contribution in [2.75, 3.05) is 47.9 Å². The van der Waals surface area contributed by atoms with Crippen LogP contribution in [-0.2, 0) is 72.0 Å². The van der Waals surface area contributed by atoms with Crippen molar-refractivity contribution in [3.63, 3.8) is 0 Å². The van der Waals surface area contributed by atoms with Crippen molar-refractivity contribution in [2.45, 2.75) is 168 Å². The highest BCUT2D eigenvalue weighted by Gasteiger charge is 2.40. The van der Waals surface area contributed by atoms with E-state index in [0.717, 1.165) is 16.7 Å². The monoisotopic (exact) mass is 1200 g/mol. The molecule has 0 aliphatic carbocycles. The minimum Gasteiger partial charge on any atom is -0.387 e. The molecule has 0 bridgehead atoms. The molecule has 4 rings (SSSR count). The average Bonchev–Trinajstić information content (AvgIpc) is 3.70. The number of carbonyl (C=O) groups is 11. The number of likely N-dealkylation sites (N-methyl/N-ethyl adjacent to an activating group) is 4. The Hall–Kier alpha value is -7.45. The maximum atomic E-state index is 14.7. The van der Waals surface area contributed by atoms with E-state index in [9.17, 15) is 57.8 Å². The number of carbonyl (C=O) groups excluding carboxylic acids is 11. The summed E-state index contributed by atoms with van der Waals surface area (Å²) in [6.45, 7) is 13.0. The Kier molecular flexibility index (Phi) is 29.3. The Bertz CT molecular complexity index is 2800. The summed E-state index contributed by atoms with van der Waals surface area (Å²) >= 11 is 0. The Morgan fingerprint density at radius 1 is 0.563 bits per heavy atom. The molecule has 1 saturated heterocycles. The van der Waals surface area contributed by atoms with Gasteiger partial charge < -0.3 is 46.0 Å². The minimum atomic E-state index is -1.16. The van der Waals surface area contributed by atoms with Gasteiger partial charge in [-0.3, -0.25) is 52.7 Å². The minimum absolute atomic E-state index is 0.0593. The second kappa shape index (κ2) is 35.4. The number of amides is 7. The van der Waals surface area contributed by atoms with E-state index in [0.29, 0.717) is 19.4 Å². The van der Waals surface area contributed by atoms with Crippen LogP contribution in [-0.4, -0.2) is 179 Å². The van der Waals surface area contributed by atoms with Crippen LogP contribution in [0.15, 0.2) is 91.0 Å². The van der Waals surface area contributed by atoms with Gasteiger partial charge >= 0.3 is 0 Å². The van der Waals surface area contributed by atoms with Gasteiger partial charge in [-0.25, -0.2) is 0 Å². The van der Waals surface area contributed by atoms with Crippen LogP contribution in [0.2, 0.25) is 0 Å². The lowest BCUT2D eigenvalue weighted by molar-refractivity contribution is -0.150. The molecule has 3 aromatic rings. The normalized spacial score (nSPS) is 24.5. The number of aliphatic hydroxyl groups excluding tert-OH is 1. The van der Waals surface area contributed by atoms with Crippen LogP contribution in [0.1, 0.15) is 123 Å². The smallest absolute Gasteiger partial charge is 0.246 e. The molecule has 20 heteroatoms. The van der Waals surface area contributed by atoms with E-state index in [4.69, 9.17) is 0 Å². The molecule has 3 aromatic carbocycles. The first-order chi connectivity index (χ1) is 41.1. The Labute approximate surface area is 514 Å². The number of nitrogens with one attached hydrogen (secondary N) is 4. The van der Waals surface area contributed by atoms with E-state index in [1.54, 1.807) is 49.4 Å². The average molecular weight is 1210 g/mol. The van der Waals surface area contributed by atoms with Crippen molar-refractivity contribution in [1.82, 2.24) is 40.9 Å². The van der Waals surface area contributed by atoms with Gasteiger partial charge in [0.25, 0.3) is 0 Å². The number of aliphatic hydroxyl groups is 1. The molecule has 0 spiro atoms. The summed E-state index contributed by atoms with van der Waals surface area (Å²) in [5.74, 6) is -8.90. The molecule has 476 valence electrons. The van der Waals surface area contributed by atoms with E-state index in [2.05, 4.69) is 21.3 Å². The molecule has 5 N–H and O–H groups in total. The summed E-state index contributed by atoms with van der Waals surface area (Å²) in [5, 5.41) is 21.1. The third kappa shape index (κ3) is 22.3. The highest BCUT2D eigenvalue weighted by Crippen LogP contribution is 2.24. The topological polar surface area (TPSA) is 269 Å². The number of nitrogens with zero attached hydrogens (tertiary/aromatic N) is 4. The Morgan fingerprint density at radius 3 is 1.67 bits per heavy atom. The zero-order valence-electron chi connectivity index (χ0n) is 53.2. The summed E-state index contributed by atoms with van der Waals surface area (Å²) in [4.78, 5) is 162. The predicted molar refractivity (Wildman–Crippen MR) is 332 cm³/mol. The van der Waals surface area contributed by atoms with Gasteiger partial charge in [0.2, 0.25) is 41.4 Å². The fourth-order valence-electron chi connectivity index (χ4n) is 10.9. The molecule has 10 atom stereocenters. The van der Waals surface area contributed by atoms with Gasteiger partial charge in [0.05, 0.1) is 24.7 Å². The van der Waals surface area contributed by atoms with Crippen LogP contribution in [0.4, 0.5) is 0 Å². The highest BCUT2D eigenvalue weighted by molar-refractivity contribution is 5.99. The zero-order chi connectivity index (χ0) is 64.7. The van der Waals surface area contributed by atoms with Gasteiger partial charge in [0, 0.05) is 71.6 Å². The van der Waals surface area contributed by atoms with Crippen LogP contribution in [0.5, 0.6) is 0 Å². The van der Waals surface area contributed by atoms with Crippen molar-refractivity contribution < 1.29 is 57.8 Å². The standard InChI is InChI=1S/C67H96N8O12/c1-42(2)32-54-66(86)73(10)47(8)65(85)74(11)55(33-43(3)4)59(79)34-44(5)64(84)75(12)56(37-50-28-20-15-21-29-50)67(87)72(9)46(7)62(82)69-45(6)57(77)39-52(35-48-24-16-13-17-25-48)60(80)40-68-31-23-22-30-51(63(83)71-54)38-58(78)53(70-61(81)41-76)36-49-26-18-14-19-27-49/h13-21,24-29,42-47,51-56,68,76H,22-23,30-41H2,1-12H3,(H,69,82)(H,70,81)(H,71,83)/t44-,45+,46+,47+,51-,52-,53+,54+,55+,56+/m1/s1. The molecule has 20 nitrogen and oxygen atoms in total. The fraction of sp³-hybridized carbons (Fsp3) is 0.567. The van der Waals surface area contributed by atoms with E-state index in [1.807, 2.05) is 76.2 Å². The predicted octanol–water partition coefficient (Wildman–Crippen LogP) is 4.71. The zero-order valence-corrected chi connectivity index (χ0v) is 53.2. The SMILES string of the molecule is CC(C)C[C@@H]1NC(=O)[C@@H](CC(=O)[C@H](Cc2ccccc2)NC(=O)CO)CCCCNCC(=O)[C@H](Cc2ccccc2)CC(=O)[C@H](C)NC(=O)[C@H](C)N(C)C(=O)[C@H](Cc2ccccc2)N(C)C(=O)[C@H](C)CC(=O)[C@H](CC(C)C)N(C)C(=O)[C@H](C)N(C)C1=O. The summed E-state index contributed by atoms with van der Waals surface area (Å²) in [7, 11) is 5.83. The van der Waals surface area contributed by atoms with Crippen molar-refractivity contribution in [3.05, 3.63) is 108 Å². The molecular formula is C67H96N8O12. The van der Waals surface area contributed by atoms with Crippen molar-refractivity contribution in [2.24, 2.45) is 29.6 Å². The molecule has 0 radical (unpaired) electrons. The van der Waals surface area contributed by atoms with Crippen molar-refractivity contribution >= 4 is 64.5 Å². The molecule has 87 heavy (non-hydrogen) atoms. The van der Waals surface area contributed by atoms with Gasteiger partial charge in [0.1, 0.15) is 36.6 Å². The number of benzene rings is 3. The lowest BCUT2D eigenvalue weighted by Crippen LogP contribution is -2.57.